The van der Waals surface area contributed by atoms with Gasteiger partial charge in [-0.05, 0) is 57.7 Å². The van der Waals surface area contributed by atoms with Crippen LogP contribution >= 0.6 is 27.5 Å². The van der Waals surface area contributed by atoms with Crippen LogP contribution in [-0.2, 0) is 22.4 Å². The minimum absolute atomic E-state index is 0.170. The molecule has 0 saturated heterocycles. The molecule has 0 saturated carbocycles. The lowest BCUT2D eigenvalue weighted by atomic mass is 10.1. The van der Waals surface area contributed by atoms with Crippen molar-refractivity contribution in [2.75, 3.05) is 7.11 Å². The fraction of sp³-hybridized carbons (Fsp3) is 0.222. The molecule has 2 N–H and O–H groups in total. The third kappa shape index (κ3) is 6.40. The highest BCUT2D eigenvalue weighted by atomic mass is 79.9. The number of benzene rings is 2. The third-order valence-electron chi connectivity index (χ3n) is 3.48. The molecule has 2 rings (SSSR count). The molecule has 5 nitrogen and oxygen atoms in total. The van der Waals surface area contributed by atoms with E-state index in [2.05, 4.69) is 26.8 Å². The molecule has 0 aromatic heterocycles. The highest BCUT2D eigenvalue weighted by Gasteiger charge is 2.07. The largest absolute Gasteiger partial charge is 0.496 e. The first-order valence-electron chi connectivity index (χ1n) is 7.62. The van der Waals surface area contributed by atoms with E-state index in [4.69, 9.17) is 16.3 Å². The van der Waals surface area contributed by atoms with Crippen LogP contribution in [-0.4, -0.2) is 18.9 Å². The first kappa shape index (κ1) is 19.3. The van der Waals surface area contributed by atoms with Gasteiger partial charge in [0, 0.05) is 11.4 Å². The molecule has 7 heteroatoms. The maximum atomic E-state index is 11.8. The van der Waals surface area contributed by atoms with Gasteiger partial charge < -0.3 is 4.74 Å². The molecule has 0 unspecified atom stereocenters. The number of carbonyl (C=O) groups excluding carboxylic acids is 2. The predicted octanol–water partition coefficient (Wildman–Crippen LogP) is 3.43. The molecule has 0 heterocycles. The number of amides is 2. The molecule has 2 aromatic carbocycles. The van der Waals surface area contributed by atoms with Crippen LogP contribution in [0.2, 0.25) is 5.02 Å². The van der Waals surface area contributed by atoms with Crippen molar-refractivity contribution in [1.29, 1.82) is 0 Å². The number of aryl methyl sites for hydroxylation is 1. The van der Waals surface area contributed by atoms with Gasteiger partial charge in [-0.15, -0.1) is 0 Å². The molecule has 2 aromatic rings. The smallest absolute Gasteiger partial charge is 0.242 e. The number of methoxy groups -OCH3 is 1. The van der Waals surface area contributed by atoms with E-state index in [1.54, 1.807) is 31.4 Å². The summed E-state index contributed by atoms with van der Waals surface area (Å²) in [7, 11) is 1.60. The molecule has 0 radical (unpaired) electrons. The first-order chi connectivity index (χ1) is 12.0. The minimum atomic E-state index is -0.289. The summed E-state index contributed by atoms with van der Waals surface area (Å²) in [6.45, 7) is 0. The number of rotatable bonds is 6. The zero-order valence-corrected chi connectivity index (χ0v) is 16.0. The topological polar surface area (TPSA) is 67.4 Å². The van der Waals surface area contributed by atoms with Crippen LogP contribution in [0.5, 0.6) is 5.75 Å². The monoisotopic (exact) mass is 424 g/mol. The Hall–Kier alpha value is -2.05. The van der Waals surface area contributed by atoms with E-state index in [9.17, 15) is 9.59 Å². The number of hydrogen-bond acceptors (Lipinski definition) is 3. The fourth-order valence-corrected chi connectivity index (χ4v) is 2.87. The molecule has 0 bridgehead atoms. The lowest BCUT2D eigenvalue weighted by molar-refractivity contribution is -0.128. The summed E-state index contributed by atoms with van der Waals surface area (Å²) in [5.74, 6) is 0.196. The molecule has 0 aliphatic rings. The van der Waals surface area contributed by atoms with Crippen LogP contribution in [0, 0.1) is 0 Å². The quantitative estimate of drug-likeness (QED) is 0.697. The SMILES string of the molecule is COc1ccc(CCC(=O)NNC(=O)Cc2ccc(Cl)cc2)cc1Br. The number of ether oxygens (including phenoxy) is 1. The summed E-state index contributed by atoms with van der Waals surface area (Å²) < 4.78 is 6.00. The number of hydrogen-bond donors (Lipinski definition) is 2. The number of carbonyl (C=O) groups is 2. The summed E-state index contributed by atoms with van der Waals surface area (Å²) in [6.07, 6.45) is 0.990. The van der Waals surface area contributed by atoms with E-state index in [-0.39, 0.29) is 24.7 Å². The van der Waals surface area contributed by atoms with Crippen LogP contribution < -0.4 is 15.6 Å². The van der Waals surface area contributed by atoms with Gasteiger partial charge in [-0.2, -0.15) is 0 Å². The Bertz CT molecular complexity index is 750. The molecular weight excluding hydrogens is 408 g/mol. The number of halogens is 2. The Morgan fingerprint density at radius 1 is 1.04 bits per heavy atom. The maximum Gasteiger partial charge on any atom is 0.242 e. The Morgan fingerprint density at radius 3 is 2.32 bits per heavy atom. The summed E-state index contributed by atoms with van der Waals surface area (Å²) in [5.41, 5.74) is 6.65. The van der Waals surface area contributed by atoms with Crippen LogP contribution in [0.3, 0.4) is 0 Å². The molecule has 0 fully saturated rings. The van der Waals surface area contributed by atoms with Gasteiger partial charge in [0.15, 0.2) is 0 Å². The Labute approximate surface area is 159 Å². The van der Waals surface area contributed by atoms with Gasteiger partial charge in [-0.1, -0.05) is 29.8 Å². The summed E-state index contributed by atoms with van der Waals surface area (Å²) in [5, 5.41) is 0.614. The van der Waals surface area contributed by atoms with Crippen molar-refractivity contribution >= 4 is 39.3 Å². The third-order valence-corrected chi connectivity index (χ3v) is 4.35. The van der Waals surface area contributed by atoms with E-state index >= 15 is 0 Å². The predicted molar refractivity (Wildman–Crippen MR) is 100 cm³/mol. The highest BCUT2D eigenvalue weighted by Crippen LogP contribution is 2.25. The van der Waals surface area contributed by atoms with Crippen molar-refractivity contribution in [2.24, 2.45) is 0 Å². The van der Waals surface area contributed by atoms with Crippen molar-refractivity contribution < 1.29 is 14.3 Å². The molecule has 0 aliphatic heterocycles. The van der Waals surface area contributed by atoms with Crippen LogP contribution in [0.4, 0.5) is 0 Å². The van der Waals surface area contributed by atoms with Crippen LogP contribution in [0.15, 0.2) is 46.9 Å². The zero-order valence-electron chi connectivity index (χ0n) is 13.6. The fourth-order valence-electron chi connectivity index (χ4n) is 2.16. The van der Waals surface area contributed by atoms with Gasteiger partial charge in [-0.3, -0.25) is 20.4 Å². The van der Waals surface area contributed by atoms with Gasteiger partial charge in [0.2, 0.25) is 11.8 Å². The van der Waals surface area contributed by atoms with Crippen molar-refractivity contribution in [3.05, 3.63) is 63.1 Å². The number of nitrogens with one attached hydrogen (secondary N) is 2. The van der Waals surface area contributed by atoms with Gasteiger partial charge in [0.1, 0.15) is 5.75 Å². The Morgan fingerprint density at radius 2 is 1.68 bits per heavy atom. The van der Waals surface area contributed by atoms with Crippen molar-refractivity contribution in [2.45, 2.75) is 19.3 Å². The normalized spacial score (nSPS) is 10.2. The second-order valence-corrected chi connectivity index (χ2v) is 6.66. The standard InChI is InChI=1S/C18H18BrClN2O3/c1-25-16-8-4-12(10-15(16)19)5-9-17(23)21-22-18(24)11-13-2-6-14(20)7-3-13/h2-4,6-8,10H,5,9,11H2,1H3,(H,21,23)(H,22,24). The summed E-state index contributed by atoms with van der Waals surface area (Å²) in [4.78, 5) is 23.7. The van der Waals surface area contributed by atoms with Gasteiger partial charge >= 0.3 is 0 Å². The number of hydrazine groups is 1. The lowest BCUT2D eigenvalue weighted by Crippen LogP contribution is -2.42. The van der Waals surface area contributed by atoms with Gasteiger partial charge in [0.25, 0.3) is 0 Å². The molecule has 25 heavy (non-hydrogen) atoms. The Balaban J connectivity index is 1.74. The molecule has 0 spiro atoms. The molecule has 0 atom stereocenters. The van der Waals surface area contributed by atoms with Crippen LogP contribution in [0.25, 0.3) is 0 Å². The van der Waals surface area contributed by atoms with Gasteiger partial charge in [0.05, 0.1) is 18.0 Å². The zero-order chi connectivity index (χ0) is 18.2. The average Bonchev–Trinajstić information content (AvgIpc) is 2.60. The van der Waals surface area contributed by atoms with E-state index in [1.807, 2.05) is 18.2 Å². The second-order valence-electron chi connectivity index (χ2n) is 5.37. The highest BCUT2D eigenvalue weighted by molar-refractivity contribution is 9.10. The lowest BCUT2D eigenvalue weighted by Gasteiger charge is -2.09. The van der Waals surface area contributed by atoms with Crippen molar-refractivity contribution in [3.8, 4) is 5.75 Å². The van der Waals surface area contributed by atoms with Gasteiger partial charge in [-0.25, -0.2) is 0 Å². The van der Waals surface area contributed by atoms with E-state index < -0.39 is 0 Å². The molecular formula is C18H18BrClN2O3. The van der Waals surface area contributed by atoms with Crippen molar-refractivity contribution in [3.63, 3.8) is 0 Å². The molecule has 0 aliphatic carbocycles. The Kier molecular flexibility index (Phi) is 7.28. The summed E-state index contributed by atoms with van der Waals surface area (Å²) in [6, 6.07) is 12.6. The minimum Gasteiger partial charge on any atom is -0.496 e. The average molecular weight is 426 g/mol. The first-order valence-corrected chi connectivity index (χ1v) is 8.79. The molecule has 132 valence electrons. The second kappa shape index (κ2) is 9.44. The van der Waals surface area contributed by atoms with Crippen molar-refractivity contribution in [1.82, 2.24) is 10.9 Å². The van der Waals surface area contributed by atoms with Crippen LogP contribution in [0.1, 0.15) is 17.5 Å². The van der Waals surface area contributed by atoms with E-state index in [1.165, 1.54) is 0 Å². The summed E-state index contributed by atoms with van der Waals surface area (Å²) >= 11 is 9.20. The maximum absolute atomic E-state index is 11.8. The van der Waals surface area contributed by atoms with E-state index in [0.717, 1.165) is 21.3 Å². The molecule has 2 amide bonds. The van der Waals surface area contributed by atoms with E-state index in [0.29, 0.717) is 11.4 Å².